The Morgan fingerprint density at radius 2 is 1.65 bits per heavy atom. The molecule has 0 aromatic heterocycles. The number of carbonyl (C=O) groups excluding carboxylic acids is 3. The van der Waals surface area contributed by atoms with E-state index < -0.39 is 60.4 Å². The molecule has 0 aliphatic heterocycles. The topological polar surface area (TPSA) is 241 Å². The summed E-state index contributed by atoms with van der Waals surface area (Å²) in [5, 5.41) is 33.9. The number of carboxylic acid groups (broad SMARTS) is 2. The van der Waals surface area contributed by atoms with Gasteiger partial charge in [0.15, 0.2) is 5.96 Å². The molecule has 1 aromatic carbocycles. The third-order valence-corrected chi connectivity index (χ3v) is 6.54. The summed E-state index contributed by atoms with van der Waals surface area (Å²) in [7, 11) is 0. The van der Waals surface area contributed by atoms with Gasteiger partial charge in [-0.25, -0.2) is 4.79 Å². The molecule has 222 valence electrons. The van der Waals surface area contributed by atoms with Crippen molar-refractivity contribution in [3.8, 4) is 0 Å². The van der Waals surface area contributed by atoms with Crippen LogP contribution in [-0.4, -0.2) is 100.0 Å². The first kappa shape index (κ1) is 34.2. The van der Waals surface area contributed by atoms with Crippen LogP contribution >= 0.6 is 11.8 Å². The van der Waals surface area contributed by atoms with Crippen molar-refractivity contribution in [3.05, 3.63) is 35.9 Å². The van der Waals surface area contributed by atoms with Gasteiger partial charge in [0, 0.05) is 13.0 Å². The summed E-state index contributed by atoms with van der Waals surface area (Å²) in [6.07, 6.45) is 2.60. The average Bonchev–Trinajstić information content (AvgIpc) is 2.90. The minimum absolute atomic E-state index is 0.0618. The first-order chi connectivity index (χ1) is 18.9. The van der Waals surface area contributed by atoms with Crippen molar-refractivity contribution in [2.75, 3.05) is 25.1 Å². The Hall–Kier alpha value is -3.85. The number of hydrogen-bond acceptors (Lipinski definition) is 8. The van der Waals surface area contributed by atoms with Crippen LogP contribution in [0.5, 0.6) is 0 Å². The van der Waals surface area contributed by atoms with Gasteiger partial charge in [0.25, 0.3) is 0 Å². The van der Waals surface area contributed by atoms with Crippen molar-refractivity contribution in [2.24, 2.45) is 11.5 Å². The number of carbonyl (C=O) groups is 5. The Morgan fingerprint density at radius 1 is 1.02 bits per heavy atom. The number of benzene rings is 1. The van der Waals surface area contributed by atoms with E-state index in [-0.39, 0.29) is 25.3 Å². The summed E-state index contributed by atoms with van der Waals surface area (Å²) >= 11 is 1.51. The van der Waals surface area contributed by atoms with Crippen LogP contribution in [0, 0.1) is 5.41 Å². The van der Waals surface area contributed by atoms with Crippen molar-refractivity contribution in [3.63, 3.8) is 0 Å². The zero-order valence-electron chi connectivity index (χ0n) is 22.6. The van der Waals surface area contributed by atoms with Crippen molar-refractivity contribution >= 4 is 47.4 Å². The van der Waals surface area contributed by atoms with E-state index >= 15 is 0 Å². The molecule has 0 heterocycles. The van der Waals surface area contributed by atoms with Gasteiger partial charge in [0.1, 0.15) is 24.7 Å². The van der Waals surface area contributed by atoms with E-state index in [9.17, 15) is 34.2 Å². The standard InChI is InChI=1S/C25H39N7O7S/c1-15(24(38)39)32(14-20(33)34)23(37)19(13-16-7-4-3-5-8-16)31-22(36)18(9-6-11-29-25(27)28)30-21(35)17(26)10-12-40-2/h3-5,7-8,15,17-19H,6,9-14,26H2,1-2H3,(H,30,35)(H,31,36)(H,33,34)(H,38,39)(H4,27,28,29)/t15-,17-,18-,19-/m0/s1. The fourth-order valence-electron chi connectivity index (χ4n) is 3.66. The van der Waals surface area contributed by atoms with E-state index in [1.54, 1.807) is 30.3 Å². The summed E-state index contributed by atoms with van der Waals surface area (Å²) in [6, 6.07) is 3.77. The fraction of sp³-hybridized carbons (Fsp3) is 0.520. The van der Waals surface area contributed by atoms with E-state index in [4.69, 9.17) is 16.9 Å². The van der Waals surface area contributed by atoms with E-state index in [0.29, 0.717) is 29.1 Å². The van der Waals surface area contributed by atoms with Gasteiger partial charge in [-0.05, 0) is 43.8 Å². The Bertz CT molecular complexity index is 1030. The summed E-state index contributed by atoms with van der Waals surface area (Å²) in [5.74, 6) is -4.68. The number of nitrogens with two attached hydrogens (primary N) is 2. The molecule has 0 aliphatic carbocycles. The second-order valence-corrected chi connectivity index (χ2v) is 10.0. The van der Waals surface area contributed by atoms with E-state index in [0.717, 1.165) is 0 Å². The highest BCUT2D eigenvalue weighted by Gasteiger charge is 2.35. The van der Waals surface area contributed by atoms with Gasteiger partial charge in [0.2, 0.25) is 17.7 Å². The third-order valence-electron chi connectivity index (χ3n) is 5.90. The Balaban J connectivity index is 3.26. The van der Waals surface area contributed by atoms with Crippen LogP contribution in [0.2, 0.25) is 0 Å². The molecule has 40 heavy (non-hydrogen) atoms. The summed E-state index contributed by atoms with van der Waals surface area (Å²) < 4.78 is 0. The van der Waals surface area contributed by atoms with E-state index in [2.05, 4.69) is 16.0 Å². The van der Waals surface area contributed by atoms with Crippen molar-refractivity contribution < 1.29 is 34.2 Å². The quantitative estimate of drug-likeness (QED) is 0.0589. The van der Waals surface area contributed by atoms with Gasteiger partial charge in [-0.3, -0.25) is 24.6 Å². The monoisotopic (exact) mass is 581 g/mol. The number of hydrogen-bond donors (Lipinski definition) is 8. The molecular weight excluding hydrogens is 542 g/mol. The lowest BCUT2D eigenvalue weighted by Crippen LogP contribution is -2.59. The summed E-state index contributed by atoms with van der Waals surface area (Å²) in [5.41, 5.74) is 11.9. The van der Waals surface area contributed by atoms with Gasteiger partial charge < -0.3 is 42.5 Å². The molecule has 0 bridgehead atoms. The molecule has 1 rings (SSSR count). The molecule has 0 fully saturated rings. The van der Waals surface area contributed by atoms with Gasteiger partial charge in [-0.1, -0.05) is 30.3 Å². The SMILES string of the molecule is CSCC[C@H](N)C(=O)N[C@@H](CCCNC(=N)N)C(=O)N[C@@H](Cc1ccccc1)C(=O)N(CC(=O)O)[C@@H](C)C(=O)O. The Morgan fingerprint density at radius 3 is 2.20 bits per heavy atom. The number of amides is 3. The molecule has 14 nitrogen and oxygen atoms in total. The minimum atomic E-state index is -1.48. The highest BCUT2D eigenvalue weighted by molar-refractivity contribution is 7.98. The first-order valence-electron chi connectivity index (χ1n) is 12.6. The number of thioether (sulfide) groups is 1. The lowest BCUT2D eigenvalue weighted by atomic mass is 10.0. The maximum Gasteiger partial charge on any atom is 0.326 e. The molecule has 15 heteroatoms. The van der Waals surface area contributed by atoms with Crippen LogP contribution < -0.4 is 27.4 Å². The number of guanidine groups is 1. The second-order valence-electron chi connectivity index (χ2n) is 9.06. The number of aliphatic carboxylic acids is 2. The molecular formula is C25H39N7O7S. The average molecular weight is 582 g/mol. The predicted octanol–water partition coefficient (Wildman–Crippen LogP) is -1.07. The predicted molar refractivity (Wildman–Crippen MR) is 151 cm³/mol. The largest absolute Gasteiger partial charge is 0.480 e. The molecule has 1 aromatic rings. The second kappa shape index (κ2) is 17.7. The number of rotatable bonds is 18. The number of nitrogens with zero attached hydrogens (tertiary/aromatic N) is 1. The molecule has 0 spiro atoms. The van der Waals surface area contributed by atoms with Gasteiger partial charge in [0.05, 0.1) is 6.04 Å². The van der Waals surface area contributed by atoms with Gasteiger partial charge >= 0.3 is 11.9 Å². The van der Waals surface area contributed by atoms with Crippen molar-refractivity contribution in [1.82, 2.24) is 20.9 Å². The van der Waals surface area contributed by atoms with Crippen LogP contribution in [-0.2, 0) is 30.4 Å². The van der Waals surface area contributed by atoms with E-state index in [1.807, 2.05) is 6.26 Å². The lowest BCUT2D eigenvalue weighted by molar-refractivity contribution is -0.154. The fourth-order valence-corrected chi connectivity index (χ4v) is 4.15. The van der Waals surface area contributed by atoms with Crippen molar-refractivity contribution in [1.29, 1.82) is 5.41 Å². The highest BCUT2D eigenvalue weighted by atomic mass is 32.2. The number of carboxylic acids is 2. The molecule has 0 aliphatic rings. The molecule has 0 saturated heterocycles. The summed E-state index contributed by atoms with van der Waals surface area (Å²) in [6.45, 7) is 0.517. The smallest absolute Gasteiger partial charge is 0.326 e. The Labute approximate surface area is 237 Å². The molecule has 3 amide bonds. The third kappa shape index (κ3) is 12.3. The lowest BCUT2D eigenvalue weighted by Gasteiger charge is -2.30. The zero-order chi connectivity index (χ0) is 30.2. The van der Waals surface area contributed by atoms with Crippen LogP contribution in [0.4, 0.5) is 0 Å². The van der Waals surface area contributed by atoms with Gasteiger partial charge in [-0.15, -0.1) is 0 Å². The van der Waals surface area contributed by atoms with Crippen LogP contribution in [0.15, 0.2) is 30.3 Å². The molecule has 10 N–H and O–H groups in total. The van der Waals surface area contributed by atoms with Gasteiger partial charge in [-0.2, -0.15) is 11.8 Å². The van der Waals surface area contributed by atoms with E-state index in [1.165, 1.54) is 18.7 Å². The molecule has 0 saturated carbocycles. The maximum absolute atomic E-state index is 13.5. The Kier molecular flexibility index (Phi) is 15.1. The normalized spacial score (nSPS) is 13.7. The minimum Gasteiger partial charge on any atom is -0.480 e. The van der Waals surface area contributed by atoms with Crippen LogP contribution in [0.25, 0.3) is 0 Å². The zero-order valence-corrected chi connectivity index (χ0v) is 23.4. The van der Waals surface area contributed by atoms with Crippen molar-refractivity contribution in [2.45, 2.75) is 56.8 Å². The summed E-state index contributed by atoms with van der Waals surface area (Å²) in [4.78, 5) is 63.4. The number of nitrogens with one attached hydrogen (secondary N) is 4. The molecule has 0 unspecified atom stereocenters. The molecule has 0 radical (unpaired) electrons. The van der Waals surface area contributed by atoms with Crippen LogP contribution in [0.3, 0.4) is 0 Å². The van der Waals surface area contributed by atoms with Crippen LogP contribution in [0.1, 0.15) is 31.7 Å². The first-order valence-corrected chi connectivity index (χ1v) is 14.0. The highest BCUT2D eigenvalue weighted by Crippen LogP contribution is 2.11. The molecule has 4 atom stereocenters. The maximum atomic E-state index is 13.5.